The first-order valence-electron chi connectivity index (χ1n) is 5.85. The quantitative estimate of drug-likeness (QED) is 0.745. The molecule has 0 amide bonds. The van der Waals surface area contributed by atoms with Crippen LogP contribution in [0.15, 0.2) is 0 Å². The summed E-state index contributed by atoms with van der Waals surface area (Å²) >= 11 is 0. The van der Waals surface area contributed by atoms with E-state index < -0.39 is 24.9 Å². The van der Waals surface area contributed by atoms with Gasteiger partial charge in [0.1, 0.15) is 0 Å². The van der Waals surface area contributed by atoms with Crippen LogP contribution in [0.2, 0.25) is 0 Å². The SMILES string of the molecule is O=S1(=O)CCC(S(=O)(=O)C2CCCCC2)C1. The smallest absolute Gasteiger partial charge is 0.157 e. The summed E-state index contributed by atoms with van der Waals surface area (Å²) in [5.41, 5.74) is 0. The van der Waals surface area contributed by atoms with Gasteiger partial charge >= 0.3 is 0 Å². The second-order valence-electron chi connectivity index (χ2n) is 4.87. The maximum absolute atomic E-state index is 12.2. The minimum absolute atomic E-state index is 0.0453. The Morgan fingerprint density at radius 2 is 1.50 bits per heavy atom. The summed E-state index contributed by atoms with van der Waals surface area (Å²) in [6, 6.07) is 0. The highest BCUT2D eigenvalue weighted by atomic mass is 32.2. The van der Waals surface area contributed by atoms with Gasteiger partial charge in [0.25, 0.3) is 0 Å². The molecule has 94 valence electrons. The number of hydrogen-bond donors (Lipinski definition) is 0. The van der Waals surface area contributed by atoms with E-state index in [1.54, 1.807) is 0 Å². The molecule has 0 N–H and O–H groups in total. The molecule has 1 aliphatic heterocycles. The summed E-state index contributed by atoms with van der Waals surface area (Å²) < 4.78 is 47.0. The minimum Gasteiger partial charge on any atom is -0.229 e. The normalized spacial score (nSPS) is 31.6. The molecular formula is C10H18O4S2. The molecule has 1 atom stereocenters. The summed E-state index contributed by atoms with van der Waals surface area (Å²) in [7, 11) is -6.31. The molecule has 0 radical (unpaired) electrons. The zero-order valence-corrected chi connectivity index (χ0v) is 10.9. The Kier molecular flexibility index (Phi) is 3.32. The highest BCUT2D eigenvalue weighted by molar-refractivity contribution is 7.96. The van der Waals surface area contributed by atoms with Crippen molar-refractivity contribution in [3.8, 4) is 0 Å². The number of sulfone groups is 2. The monoisotopic (exact) mass is 266 g/mol. The largest absolute Gasteiger partial charge is 0.229 e. The van der Waals surface area contributed by atoms with Crippen molar-refractivity contribution in [1.82, 2.24) is 0 Å². The zero-order chi connectivity index (χ0) is 11.8. The van der Waals surface area contributed by atoms with Gasteiger partial charge in [-0.15, -0.1) is 0 Å². The summed E-state index contributed by atoms with van der Waals surface area (Å²) in [6.07, 6.45) is 4.78. The van der Waals surface area contributed by atoms with Crippen LogP contribution in [0.4, 0.5) is 0 Å². The van der Waals surface area contributed by atoms with Crippen LogP contribution in [-0.2, 0) is 19.7 Å². The van der Waals surface area contributed by atoms with Gasteiger partial charge in [0, 0.05) is 0 Å². The molecular weight excluding hydrogens is 248 g/mol. The Bertz CT molecular complexity index is 443. The van der Waals surface area contributed by atoms with Gasteiger partial charge in [-0.25, -0.2) is 16.8 Å². The summed E-state index contributed by atoms with van der Waals surface area (Å²) in [5, 5.41) is -0.903. The van der Waals surface area contributed by atoms with E-state index in [9.17, 15) is 16.8 Å². The van der Waals surface area contributed by atoms with E-state index >= 15 is 0 Å². The lowest BCUT2D eigenvalue weighted by Gasteiger charge is -2.24. The average molecular weight is 266 g/mol. The molecule has 0 aromatic rings. The van der Waals surface area contributed by atoms with Crippen LogP contribution in [-0.4, -0.2) is 38.8 Å². The maximum Gasteiger partial charge on any atom is 0.157 e. The lowest BCUT2D eigenvalue weighted by atomic mass is 10.0. The van der Waals surface area contributed by atoms with E-state index in [1.807, 2.05) is 0 Å². The van der Waals surface area contributed by atoms with Gasteiger partial charge in [-0.2, -0.15) is 0 Å². The Morgan fingerprint density at radius 3 is 2.00 bits per heavy atom. The molecule has 0 aromatic carbocycles. The van der Waals surface area contributed by atoms with Gasteiger partial charge in [0.15, 0.2) is 19.7 Å². The van der Waals surface area contributed by atoms with Gasteiger partial charge in [0.05, 0.1) is 22.0 Å². The van der Waals surface area contributed by atoms with Crippen LogP contribution in [0.1, 0.15) is 38.5 Å². The molecule has 1 saturated heterocycles. The van der Waals surface area contributed by atoms with Crippen molar-refractivity contribution < 1.29 is 16.8 Å². The molecule has 6 heteroatoms. The molecule has 2 aliphatic rings. The molecule has 2 fully saturated rings. The van der Waals surface area contributed by atoms with Gasteiger partial charge in [-0.1, -0.05) is 19.3 Å². The predicted molar refractivity (Wildman–Crippen MR) is 62.9 cm³/mol. The van der Waals surface area contributed by atoms with Crippen LogP contribution in [0.25, 0.3) is 0 Å². The van der Waals surface area contributed by atoms with E-state index in [2.05, 4.69) is 0 Å². The first kappa shape index (κ1) is 12.4. The summed E-state index contributed by atoms with van der Waals surface area (Å²) in [4.78, 5) is 0. The first-order chi connectivity index (χ1) is 7.42. The third-order valence-electron chi connectivity index (χ3n) is 3.67. The summed E-state index contributed by atoms with van der Waals surface area (Å²) in [6.45, 7) is 0. The predicted octanol–water partition coefficient (Wildman–Crippen LogP) is 0.921. The van der Waals surface area contributed by atoms with Crippen molar-refractivity contribution in [3.63, 3.8) is 0 Å². The van der Waals surface area contributed by atoms with E-state index in [0.717, 1.165) is 32.1 Å². The fourth-order valence-electron chi connectivity index (χ4n) is 2.69. The third-order valence-corrected chi connectivity index (χ3v) is 8.38. The van der Waals surface area contributed by atoms with Crippen molar-refractivity contribution in [3.05, 3.63) is 0 Å². The molecule has 0 aromatic heterocycles. The fourth-order valence-corrected chi connectivity index (χ4v) is 7.74. The molecule has 2 rings (SSSR count). The second-order valence-corrected chi connectivity index (χ2v) is 9.61. The summed E-state index contributed by atoms with van der Waals surface area (Å²) in [5.74, 6) is -0.102. The van der Waals surface area contributed by atoms with E-state index in [4.69, 9.17) is 0 Å². The number of hydrogen-bond acceptors (Lipinski definition) is 4. The van der Waals surface area contributed by atoms with E-state index in [1.165, 1.54) is 0 Å². The fraction of sp³-hybridized carbons (Fsp3) is 1.00. The topological polar surface area (TPSA) is 68.3 Å². The second kappa shape index (κ2) is 4.29. The van der Waals surface area contributed by atoms with Gasteiger partial charge < -0.3 is 0 Å². The third kappa shape index (κ3) is 2.42. The molecule has 0 spiro atoms. The standard InChI is InChI=1S/C10H18O4S2/c11-15(12)7-6-10(8-15)16(13,14)9-4-2-1-3-5-9/h9-10H,1-8H2. The van der Waals surface area contributed by atoms with Crippen molar-refractivity contribution >= 4 is 19.7 Å². The molecule has 0 bridgehead atoms. The van der Waals surface area contributed by atoms with Crippen molar-refractivity contribution in [2.24, 2.45) is 0 Å². The maximum atomic E-state index is 12.2. The van der Waals surface area contributed by atoms with Gasteiger partial charge in [-0.3, -0.25) is 0 Å². The molecule has 1 unspecified atom stereocenters. The molecule has 1 saturated carbocycles. The molecule has 1 aliphatic carbocycles. The minimum atomic E-state index is -3.21. The zero-order valence-electron chi connectivity index (χ0n) is 9.26. The average Bonchev–Trinajstić information content (AvgIpc) is 2.61. The van der Waals surface area contributed by atoms with Crippen LogP contribution < -0.4 is 0 Å². The van der Waals surface area contributed by atoms with Crippen LogP contribution >= 0.6 is 0 Å². The van der Waals surface area contributed by atoms with E-state index in [0.29, 0.717) is 6.42 Å². The van der Waals surface area contributed by atoms with Crippen LogP contribution in [0.3, 0.4) is 0 Å². The first-order valence-corrected chi connectivity index (χ1v) is 9.28. The molecule has 1 heterocycles. The molecule has 4 nitrogen and oxygen atoms in total. The van der Waals surface area contributed by atoms with Crippen molar-refractivity contribution in [2.75, 3.05) is 11.5 Å². The number of rotatable bonds is 2. The van der Waals surface area contributed by atoms with E-state index in [-0.39, 0.29) is 16.8 Å². The Balaban J connectivity index is 2.13. The lowest BCUT2D eigenvalue weighted by Crippen LogP contribution is -2.34. The Hall–Kier alpha value is -0.100. The highest BCUT2D eigenvalue weighted by Gasteiger charge is 2.41. The molecule has 16 heavy (non-hydrogen) atoms. The van der Waals surface area contributed by atoms with Crippen LogP contribution in [0.5, 0.6) is 0 Å². The van der Waals surface area contributed by atoms with Crippen molar-refractivity contribution in [2.45, 2.75) is 49.0 Å². The van der Waals surface area contributed by atoms with Crippen LogP contribution in [0, 0.1) is 0 Å². The van der Waals surface area contributed by atoms with Gasteiger partial charge in [0.2, 0.25) is 0 Å². The Labute approximate surface area is 97.3 Å². The van der Waals surface area contributed by atoms with Gasteiger partial charge in [-0.05, 0) is 19.3 Å². The Morgan fingerprint density at radius 1 is 0.875 bits per heavy atom. The van der Waals surface area contributed by atoms with Crippen molar-refractivity contribution in [1.29, 1.82) is 0 Å². The highest BCUT2D eigenvalue weighted by Crippen LogP contribution is 2.30. The lowest BCUT2D eigenvalue weighted by molar-refractivity contribution is 0.479.